The average Bonchev–Trinajstić information content (AvgIpc) is 3.26. The van der Waals surface area contributed by atoms with E-state index in [4.69, 9.17) is 4.74 Å². The third kappa shape index (κ3) is 3.45. The number of rotatable bonds is 6. The molecule has 21 heavy (non-hydrogen) atoms. The summed E-state index contributed by atoms with van der Waals surface area (Å²) in [6, 6.07) is 9.40. The van der Waals surface area contributed by atoms with Crippen LogP contribution in [0.3, 0.4) is 0 Å². The van der Waals surface area contributed by atoms with Gasteiger partial charge in [0.15, 0.2) is 5.75 Å². The maximum Gasteiger partial charge on any atom is 0.163 e. The lowest BCUT2D eigenvalue weighted by Gasteiger charge is -2.08. The van der Waals surface area contributed by atoms with Crippen molar-refractivity contribution < 1.29 is 4.74 Å². The SMILES string of the molecule is Cc1nn(C)c(C)c1OCc1ccc(CNC2CC2)cc1. The Hall–Kier alpha value is -1.81. The lowest BCUT2D eigenvalue weighted by Crippen LogP contribution is -2.15. The Morgan fingerprint density at radius 3 is 2.43 bits per heavy atom. The van der Waals surface area contributed by atoms with Crippen molar-refractivity contribution in [1.29, 1.82) is 0 Å². The first-order valence-electron chi connectivity index (χ1n) is 7.57. The lowest BCUT2D eigenvalue weighted by molar-refractivity contribution is 0.301. The fourth-order valence-electron chi connectivity index (χ4n) is 2.42. The van der Waals surface area contributed by atoms with Crippen LogP contribution in [-0.4, -0.2) is 15.8 Å². The Bertz CT molecular complexity index is 612. The van der Waals surface area contributed by atoms with Gasteiger partial charge in [0, 0.05) is 19.6 Å². The molecule has 0 atom stereocenters. The lowest BCUT2D eigenvalue weighted by atomic mass is 10.1. The van der Waals surface area contributed by atoms with Gasteiger partial charge in [0.25, 0.3) is 0 Å². The Morgan fingerprint density at radius 2 is 1.86 bits per heavy atom. The van der Waals surface area contributed by atoms with Crippen LogP contribution < -0.4 is 10.1 Å². The highest BCUT2D eigenvalue weighted by Crippen LogP contribution is 2.23. The molecule has 1 fully saturated rings. The smallest absolute Gasteiger partial charge is 0.163 e. The number of nitrogens with one attached hydrogen (secondary N) is 1. The monoisotopic (exact) mass is 285 g/mol. The molecule has 112 valence electrons. The largest absolute Gasteiger partial charge is 0.485 e. The van der Waals surface area contributed by atoms with Gasteiger partial charge in [-0.1, -0.05) is 24.3 Å². The molecular weight excluding hydrogens is 262 g/mol. The molecule has 1 heterocycles. The van der Waals surface area contributed by atoms with Gasteiger partial charge in [-0.3, -0.25) is 4.68 Å². The van der Waals surface area contributed by atoms with E-state index >= 15 is 0 Å². The summed E-state index contributed by atoms with van der Waals surface area (Å²) < 4.78 is 7.78. The summed E-state index contributed by atoms with van der Waals surface area (Å²) in [7, 11) is 1.94. The molecule has 1 N–H and O–H groups in total. The summed E-state index contributed by atoms with van der Waals surface area (Å²) in [6.45, 7) is 5.56. The van der Waals surface area contributed by atoms with Crippen molar-refractivity contribution >= 4 is 0 Å². The van der Waals surface area contributed by atoms with Crippen molar-refractivity contribution in [2.24, 2.45) is 7.05 Å². The highest BCUT2D eigenvalue weighted by Gasteiger charge is 2.19. The third-order valence-electron chi connectivity index (χ3n) is 4.02. The molecule has 0 amide bonds. The van der Waals surface area contributed by atoms with Crippen LogP contribution in [0, 0.1) is 13.8 Å². The van der Waals surface area contributed by atoms with Crippen molar-refractivity contribution in [3.05, 3.63) is 46.8 Å². The summed E-state index contributed by atoms with van der Waals surface area (Å²) >= 11 is 0. The molecular formula is C17H23N3O. The van der Waals surface area contributed by atoms with E-state index < -0.39 is 0 Å². The molecule has 1 aromatic carbocycles. The number of aryl methyl sites for hydroxylation is 2. The first kappa shape index (κ1) is 14.1. The van der Waals surface area contributed by atoms with E-state index in [1.807, 2.05) is 25.6 Å². The number of ether oxygens (including phenoxy) is 1. The summed E-state index contributed by atoms with van der Waals surface area (Å²) in [6.07, 6.45) is 2.66. The van der Waals surface area contributed by atoms with E-state index in [-0.39, 0.29) is 0 Å². The van der Waals surface area contributed by atoms with E-state index in [1.165, 1.54) is 24.0 Å². The number of aromatic nitrogens is 2. The fourth-order valence-corrected chi connectivity index (χ4v) is 2.42. The van der Waals surface area contributed by atoms with Crippen LogP contribution in [-0.2, 0) is 20.2 Å². The van der Waals surface area contributed by atoms with E-state index in [2.05, 4.69) is 34.7 Å². The first-order valence-corrected chi connectivity index (χ1v) is 7.57. The predicted octanol–water partition coefficient (Wildman–Crippen LogP) is 2.87. The van der Waals surface area contributed by atoms with Gasteiger partial charge in [0.2, 0.25) is 0 Å². The second kappa shape index (κ2) is 5.90. The number of hydrogen-bond donors (Lipinski definition) is 1. The highest BCUT2D eigenvalue weighted by atomic mass is 16.5. The Morgan fingerprint density at radius 1 is 1.19 bits per heavy atom. The zero-order valence-corrected chi connectivity index (χ0v) is 13.0. The van der Waals surface area contributed by atoms with Crippen LogP contribution >= 0.6 is 0 Å². The predicted molar refractivity (Wildman–Crippen MR) is 83.3 cm³/mol. The first-order chi connectivity index (χ1) is 10.1. The molecule has 0 spiro atoms. The standard InChI is InChI=1S/C17H23N3O/c1-12-17(13(2)20(3)19-12)21-11-15-6-4-14(5-7-15)10-18-16-8-9-16/h4-7,16,18H,8-11H2,1-3H3. The molecule has 3 rings (SSSR count). The van der Waals surface area contributed by atoms with E-state index in [0.29, 0.717) is 6.61 Å². The maximum atomic E-state index is 5.92. The van der Waals surface area contributed by atoms with Crippen LogP contribution in [0.5, 0.6) is 5.75 Å². The molecule has 0 unspecified atom stereocenters. The molecule has 2 aromatic rings. The number of nitrogens with zero attached hydrogens (tertiary/aromatic N) is 2. The minimum Gasteiger partial charge on any atom is -0.485 e. The number of hydrogen-bond acceptors (Lipinski definition) is 3. The normalized spacial score (nSPS) is 14.4. The molecule has 4 heteroatoms. The van der Waals surface area contributed by atoms with E-state index in [0.717, 1.165) is 29.7 Å². The molecule has 0 saturated heterocycles. The molecule has 1 aliphatic rings. The van der Waals surface area contributed by atoms with Gasteiger partial charge < -0.3 is 10.1 Å². The third-order valence-corrected chi connectivity index (χ3v) is 4.02. The molecule has 1 aromatic heterocycles. The van der Waals surface area contributed by atoms with Crippen LogP contribution in [0.4, 0.5) is 0 Å². The minimum atomic E-state index is 0.587. The average molecular weight is 285 g/mol. The molecule has 0 bridgehead atoms. The van der Waals surface area contributed by atoms with Gasteiger partial charge in [-0.25, -0.2) is 0 Å². The Kier molecular flexibility index (Phi) is 3.97. The highest BCUT2D eigenvalue weighted by molar-refractivity contribution is 5.32. The molecule has 0 aliphatic heterocycles. The maximum absolute atomic E-state index is 5.92. The van der Waals surface area contributed by atoms with Crippen LogP contribution in [0.1, 0.15) is 35.4 Å². The number of benzene rings is 1. The fraction of sp³-hybridized carbons (Fsp3) is 0.471. The topological polar surface area (TPSA) is 39.1 Å². The zero-order valence-electron chi connectivity index (χ0n) is 13.0. The summed E-state index contributed by atoms with van der Waals surface area (Å²) in [5, 5.41) is 7.89. The second-order valence-electron chi connectivity index (χ2n) is 5.88. The second-order valence-corrected chi connectivity index (χ2v) is 5.88. The Labute approximate surface area is 126 Å². The summed E-state index contributed by atoms with van der Waals surface area (Å²) in [4.78, 5) is 0. The summed E-state index contributed by atoms with van der Waals surface area (Å²) in [5.74, 6) is 0.900. The van der Waals surface area contributed by atoms with Gasteiger partial charge in [-0.05, 0) is 37.8 Å². The van der Waals surface area contributed by atoms with Crippen LogP contribution in [0.2, 0.25) is 0 Å². The van der Waals surface area contributed by atoms with Gasteiger partial charge >= 0.3 is 0 Å². The zero-order chi connectivity index (χ0) is 14.8. The van der Waals surface area contributed by atoms with Gasteiger partial charge in [0.05, 0.1) is 5.69 Å². The van der Waals surface area contributed by atoms with Crippen LogP contribution in [0.15, 0.2) is 24.3 Å². The van der Waals surface area contributed by atoms with Crippen molar-refractivity contribution in [2.75, 3.05) is 0 Å². The van der Waals surface area contributed by atoms with Crippen LogP contribution in [0.25, 0.3) is 0 Å². The minimum absolute atomic E-state index is 0.587. The summed E-state index contributed by atoms with van der Waals surface area (Å²) in [5.41, 5.74) is 4.53. The quantitative estimate of drug-likeness (QED) is 0.887. The molecule has 1 saturated carbocycles. The molecule has 1 aliphatic carbocycles. The van der Waals surface area contributed by atoms with Crippen molar-refractivity contribution in [1.82, 2.24) is 15.1 Å². The van der Waals surface area contributed by atoms with Gasteiger partial charge in [0.1, 0.15) is 12.3 Å². The Balaban J connectivity index is 1.57. The molecule has 0 radical (unpaired) electrons. The van der Waals surface area contributed by atoms with Crippen molar-refractivity contribution in [2.45, 2.75) is 45.9 Å². The van der Waals surface area contributed by atoms with Gasteiger partial charge in [-0.2, -0.15) is 5.10 Å². The van der Waals surface area contributed by atoms with Gasteiger partial charge in [-0.15, -0.1) is 0 Å². The van der Waals surface area contributed by atoms with Crippen molar-refractivity contribution in [3.8, 4) is 5.75 Å². The van der Waals surface area contributed by atoms with E-state index in [9.17, 15) is 0 Å². The van der Waals surface area contributed by atoms with E-state index in [1.54, 1.807) is 0 Å². The molecule has 4 nitrogen and oxygen atoms in total. The van der Waals surface area contributed by atoms with Crippen molar-refractivity contribution in [3.63, 3.8) is 0 Å².